The van der Waals surface area contributed by atoms with Gasteiger partial charge in [-0.3, -0.25) is 4.79 Å². The number of aldehydes is 1. The second-order valence-electron chi connectivity index (χ2n) is 4.19. The molecule has 6 heteroatoms. The summed E-state index contributed by atoms with van der Waals surface area (Å²) < 4.78 is 12.6. The molecule has 0 unspecified atom stereocenters. The third-order valence-corrected chi connectivity index (χ3v) is 2.56. The van der Waals surface area contributed by atoms with Crippen molar-refractivity contribution in [1.82, 2.24) is 15.0 Å². The van der Waals surface area contributed by atoms with Crippen LogP contribution in [0.1, 0.15) is 23.8 Å². The first-order chi connectivity index (χ1) is 9.81. The van der Waals surface area contributed by atoms with Gasteiger partial charge in [0.15, 0.2) is 6.29 Å². The zero-order valence-electron chi connectivity index (χ0n) is 11.4. The van der Waals surface area contributed by atoms with Crippen LogP contribution in [-0.4, -0.2) is 34.5 Å². The van der Waals surface area contributed by atoms with E-state index in [2.05, 4.69) is 17.2 Å². The Kier molecular flexibility index (Phi) is 5.11. The van der Waals surface area contributed by atoms with Gasteiger partial charge in [-0.15, -0.1) is 5.10 Å². The Bertz CT molecular complexity index is 537. The van der Waals surface area contributed by atoms with Gasteiger partial charge in [0.25, 0.3) is 0 Å². The first-order valence-corrected chi connectivity index (χ1v) is 6.53. The summed E-state index contributed by atoms with van der Waals surface area (Å²) in [5, 5.41) is 7.47. The van der Waals surface area contributed by atoms with Crippen molar-refractivity contribution in [2.24, 2.45) is 0 Å². The van der Waals surface area contributed by atoms with Gasteiger partial charge in [0, 0.05) is 0 Å². The van der Waals surface area contributed by atoms with Gasteiger partial charge >= 0.3 is 0 Å². The van der Waals surface area contributed by atoms with Crippen molar-refractivity contribution in [1.29, 1.82) is 0 Å². The second-order valence-corrected chi connectivity index (χ2v) is 4.19. The third-order valence-electron chi connectivity index (χ3n) is 2.56. The molecule has 0 N–H and O–H groups in total. The van der Waals surface area contributed by atoms with Crippen molar-refractivity contribution in [2.45, 2.75) is 19.9 Å². The Labute approximate surface area is 117 Å². The highest BCUT2D eigenvalue weighted by Crippen LogP contribution is 2.17. The minimum absolute atomic E-state index is 0.322. The zero-order valence-corrected chi connectivity index (χ0v) is 11.4. The van der Waals surface area contributed by atoms with Gasteiger partial charge in [-0.2, -0.15) is 0 Å². The fourth-order valence-electron chi connectivity index (χ4n) is 1.59. The van der Waals surface area contributed by atoms with Crippen molar-refractivity contribution in [3.05, 3.63) is 36.2 Å². The molecule has 20 heavy (non-hydrogen) atoms. The number of hydrogen-bond donors (Lipinski definition) is 0. The molecule has 6 nitrogen and oxygen atoms in total. The van der Waals surface area contributed by atoms with E-state index in [4.69, 9.17) is 9.47 Å². The van der Waals surface area contributed by atoms with Crippen LogP contribution in [0.2, 0.25) is 0 Å². The molecule has 0 radical (unpaired) electrons. The Hall–Kier alpha value is -2.37. The summed E-state index contributed by atoms with van der Waals surface area (Å²) in [6.45, 7) is 3.77. The standard InChI is InChI=1S/C14H17N3O3/c1-2-8-19-13-3-5-14(6-4-13)20-9-7-17-10-12(11-18)15-16-17/h3-6,10-11H,2,7-9H2,1H3. The van der Waals surface area contributed by atoms with Crippen LogP contribution in [0.4, 0.5) is 0 Å². The fourth-order valence-corrected chi connectivity index (χ4v) is 1.59. The lowest BCUT2D eigenvalue weighted by Crippen LogP contribution is -2.08. The Morgan fingerprint density at radius 1 is 1.15 bits per heavy atom. The van der Waals surface area contributed by atoms with E-state index in [0.29, 0.717) is 31.7 Å². The molecule has 0 saturated heterocycles. The monoisotopic (exact) mass is 275 g/mol. The fraction of sp³-hybridized carbons (Fsp3) is 0.357. The molecular formula is C14H17N3O3. The normalized spacial score (nSPS) is 10.2. The summed E-state index contributed by atoms with van der Waals surface area (Å²) in [5.74, 6) is 1.61. The van der Waals surface area contributed by atoms with Crippen LogP contribution in [-0.2, 0) is 6.54 Å². The number of rotatable bonds is 8. The lowest BCUT2D eigenvalue weighted by atomic mass is 10.3. The van der Waals surface area contributed by atoms with Gasteiger partial charge < -0.3 is 9.47 Å². The quantitative estimate of drug-likeness (QED) is 0.689. The number of carbonyl (C=O) groups is 1. The van der Waals surface area contributed by atoms with Crippen LogP contribution in [0, 0.1) is 0 Å². The summed E-state index contributed by atoms with van der Waals surface area (Å²) in [5.41, 5.74) is 0.322. The second kappa shape index (κ2) is 7.28. The molecule has 1 aromatic carbocycles. The van der Waals surface area contributed by atoms with E-state index in [-0.39, 0.29) is 0 Å². The number of carbonyl (C=O) groups excluding carboxylic acids is 1. The maximum atomic E-state index is 10.5. The molecule has 0 saturated carbocycles. The van der Waals surface area contributed by atoms with E-state index >= 15 is 0 Å². The van der Waals surface area contributed by atoms with Crippen molar-refractivity contribution in [3.63, 3.8) is 0 Å². The molecule has 0 amide bonds. The molecule has 106 valence electrons. The highest BCUT2D eigenvalue weighted by molar-refractivity contribution is 5.70. The van der Waals surface area contributed by atoms with Crippen LogP contribution in [0.3, 0.4) is 0 Å². The Morgan fingerprint density at radius 3 is 2.35 bits per heavy atom. The van der Waals surface area contributed by atoms with Crippen molar-refractivity contribution >= 4 is 6.29 Å². The highest BCUT2D eigenvalue weighted by atomic mass is 16.5. The molecule has 2 rings (SSSR count). The Morgan fingerprint density at radius 2 is 1.80 bits per heavy atom. The van der Waals surface area contributed by atoms with Gasteiger partial charge in [-0.1, -0.05) is 12.1 Å². The lowest BCUT2D eigenvalue weighted by Gasteiger charge is -2.08. The van der Waals surface area contributed by atoms with E-state index in [1.165, 1.54) is 0 Å². The number of hydrogen-bond acceptors (Lipinski definition) is 5. The third kappa shape index (κ3) is 4.08. The van der Waals surface area contributed by atoms with E-state index in [0.717, 1.165) is 17.9 Å². The molecule has 0 bridgehead atoms. The molecule has 0 fully saturated rings. The van der Waals surface area contributed by atoms with Crippen molar-refractivity contribution < 1.29 is 14.3 Å². The summed E-state index contributed by atoms with van der Waals surface area (Å²) in [7, 11) is 0. The van der Waals surface area contributed by atoms with Gasteiger partial charge in [0.2, 0.25) is 0 Å². The predicted octanol–water partition coefficient (Wildman–Crippen LogP) is 1.96. The average Bonchev–Trinajstić information content (AvgIpc) is 2.94. The van der Waals surface area contributed by atoms with E-state index < -0.39 is 0 Å². The molecule has 0 atom stereocenters. The molecule has 0 aliphatic rings. The van der Waals surface area contributed by atoms with E-state index in [1.54, 1.807) is 10.9 Å². The highest BCUT2D eigenvalue weighted by Gasteiger charge is 2.00. The smallest absolute Gasteiger partial charge is 0.171 e. The SMILES string of the molecule is CCCOc1ccc(OCCn2cc(C=O)nn2)cc1. The van der Waals surface area contributed by atoms with E-state index in [1.807, 2.05) is 24.3 Å². The first kappa shape index (κ1) is 14.0. The maximum Gasteiger partial charge on any atom is 0.171 e. The van der Waals surface area contributed by atoms with Crippen LogP contribution >= 0.6 is 0 Å². The zero-order chi connectivity index (χ0) is 14.2. The molecule has 1 heterocycles. The van der Waals surface area contributed by atoms with Crippen molar-refractivity contribution in [3.8, 4) is 11.5 Å². The molecular weight excluding hydrogens is 258 g/mol. The summed E-state index contributed by atoms with van der Waals surface area (Å²) in [4.78, 5) is 10.5. The van der Waals surface area contributed by atoms with Gasteiger partial charge in [0.05, 0.1) is 19.3 Å². The van der Waals surface area contributed by atoms with Crippen LogP contribution < -0.4 is 9.47 Å². The topological polar surface area (TPSA) is 66.2 Å². The summed E-state index contributed by atoms with van der Waals surface area (Å²) in [6.07, 6.45) is 3.23. The minimum Gasteiger partial charge on any atom is -0.494 e. The minimum atomic E-state index is 0.322. The average molecular weight is 275 g/mol. The largest absolute Gasteiger partial charge is 0.494 e. The number of benzene rings is 1. The van der Waals surface area contributed by atoms with Crippen LogP contribution in [0.25, 0.3) is 0 Å². The molecule has 0 spiro atoms. The van der Waals surface area contributed by atoms with Crippen LogP contribution in [0.5, 0.6) is 11.5 Å². The molecule has 2 aromatic rings. The summed E-state index contributed by atoms with van der Waals surface area (Å²) in [6, 6.07) is 7.49. The summed E-state index contributed by atoms with van der Waals surface area (Å²) >= 11 is 0. The van der Waals surface area contributed by atoms with Crippen LogP contribution in [0.15, 0.2) is 30.5 Å². The van der Waals surface area contributed by atoms with Gasteiger partial charge in [0.1, 0.15) is 23.8 Å². The molecule has 1 aromatic heterocycles. The van der Waals surface area contributed by atoms with Gasteiger partial charge in [-0.05, 0) is 30.7 Å². The van der Waals surface area contributed by atoms with E-state index in [9.17, 15) is 4.79 Å². The predicted molar refractivity (Wildman–Crippen MR) is 73.1 cm³/mol. The first-order valence-electron chi connectivity index (χ1n) is 6.53. The van der Waals surface area contributed by atoms with Crippen molar-refractivity contribution in [2.75, 3.05) is 13.2 Å². The molecule has 0 aliphatic carbocycles. The molecule has 0 aliphatic heterocycles. The Balaban J connectivity index is 1.77. The maximum absolute atomic E-state index is 10.5. The lowest BCUT2D eigenvalue weighted by molar-refractivity contribution is 0.111. The number of ether oxygens (including phenoxy) is 2. The van der Waals surface area contributed by atoms with Gasteiger partial charge in [-0.25, -0.2) is 4.68 Å². The number of nitrogens with zero attached hydrogens (tertiary/aromatic N) is 3. The number of aromatic nitrogens is 3.